The molecule has 0 atom stereocenters. The van der Waals surface area contributed by atoms with Crippen LogP contribution in [0.15, 0.2) is 91.3 Å². The molecule has 0 saturated heterocycles. The number of hydrogen-bond donors (Lipinski definition) is 3. The average Bonchev–Trinajstić information content (AvgIpc) is 3.90. The number of fused-ring (bicyclic) bond motifs is 7. The summed E-state index contributed by atoms with van der Waals surface area (Å²) in [6, 6.07) is 25.6. The summed E-state index contributed by atoms with van der Waals surface area (Å²) in [7, 11) is 4.93. The van der Waals surface area contributed by atoms with E-state index in [1.807, 2.05) is 103 Å². The van der Waals surface area contributed by atoms with Gasteiger partial charge in [0, 0.05) is 33.4 Å². The summed E-state index contributed by atoms with van der Waals surface area (Å²) >= 11 is 6.36. The number of para-hydroxylation sites is 2. The summed E-state index contributed by atoms with van der Waals surface area (Å²) in [6.45, 7) is 2.58. The lowest BCUT2D eigenvalue weighted by Crippen LogP contribution is -1.99. The first-order valence-electron chi connectivity index (χ1n) is 16.1. The van der Waals surface area contributed by atoms with Crippen LogP contribution >= 0.6 is 11.6 Å². The zero-order chi connectivity index (χ0) is 35.1. The number of H-pyrrole nitrogens is 2. The number of ether oxygens (including phenoxy) is 3. The van der Waals surface area contributed by atoms with Crippen molar-refractivity contribution in [1.82, 2.24) is 39.9 Å². The number of benzene rings is 4. The Bertz CT molecular complexity index is 2700. The minimum atomic E-state index is 0.375. The largest absolute Gasteiger partial charge is 0.497 e. The predicted molar refractivity (Wildman–Crippen MR) is 201 cm³/mol. The summed E-state index contributed by atoms with van der Waals surface area (Å²) in [5.74, 6) is 3.85. The van der Waals surface area contributed by atoms with Gasteiger partial charge in [0.1, 0.15) is 45.1 Å². The Morgan fingerprint density at radius 3 is 2.22 bits per heavy atom. The Balaban J connectivity index is 0.000000147. The van der Waals surface area contributed by atoms with Crippen molar-refractivity contribution >= 4 is 77.8 Å². The average molecular weight is 698 g/mol. The number of rotatable bonds is 7. The van der Waals surface area contributed by atoms with E-state index in [1.165, 1.54) is 0 Å². The first-order chi connectivity index (χ1) is 24.9. The Labute approximate surface area is 296 Å². The first-order valence-corrected chi connectivity index (χ1v) is 16.5. The molecule has 51 heavy (non-hydrogen) atoms. The molecule has 0 fully saturated rings. The molecule has 12 nitrogen and oxygen atoms in total. The molecule has 4 aromatic carbocycles. The number of hydrogen-bond acceptors (Lipinski definition) is 9. The number of pyridine rings is 2. The van der Waals surface area contributed by atoms with E-state index >= 15 is 0 Å². The second-order valence-corrected chi connectivity index (χ2v) is 12.2. The van der Waals surface area contributed by atoms with Crippen LogP contribution in [0.2, 0.25) is 5.15 Å². The smallest absolute Gasteiger partial charge is 0.158 e. The molecule has 0 saturated carbocycles. The number of aromatic amines is 2. The molecular formula is C38H32ClN9O3. The van der Waals surface area contributed by atoms with Gasteiger partial charge in [-0.3, -0.25) is 9.78 Å². The van der Waals surface area contributed by atoms with Gasteiger partial charge >= 0.3 is 0 Å². The monoisotopic (exact) mass is 697 g/mol. The first kappa shape index (κ1) is 31.8. The van der Waals surface area contributed by atoms with Crippen LogP contribution < -0.4 is 19.5 Å². The fourth-order valence-corrected chi connectivity index (χ4v) is 6.47. The Hall–Kier alpha value is -6.40. The Morgan fingerprint density at radius 1 is 0.765 bits per heavy atom. The van der Waals surface area contributed by atoms with Gasteiger partial charge in [-0.25, -0.2) is 15.0 Å². The number of methoxy groups -OCH3 is 3. The molecule has 0 radical (unpaired) electrons. The number of imidazole rings is 1. The second kappa shape index (κ2) is 13.1. The van der Waals surface area contributed by atoms with Gasteiger partial charge in [0.25, 0.3) is 0 Å². The fourth-order valence-electron chi connectivity index (χ4n) is 6.24. The molecule has 0 aliphatic rings. The fraction of sp³-hybridized carbons (Fsp3) is 0.132. The van der Waals surface area contributed by atoms with E-state index < -0.39 is 0 Å². The normalized spacial score (nSPS) is 11.3. The molecule has 0 spiro atoms. The van der Waals surface area contributed by atoms with Crippen molar-refractivity contribution in [3.05, 3.63) is 108 Å². The van der Waals surface area contributed by atoms with Crippen LogP contribution in [-0.2, 0) is 6.54 Å². The van der Waals surface area contributed by atoms with E-state index in [1.54, 1.807) is 21.3 Å². The zero-order valence-electron chi connectivity index (χ0n) is 28.2. The molecule has 0 bridgehead atoms. The molecule has 13 heteroatoms. The summed E-state index contributed by atoms with van der Waals surface area (Å²) in [4.78, 5) is 16.9. The van der Waals surface area contributed by atoms with Crippen molar-refractivity contribution in [2.75, 3.05) is 26.6 Å². The van der Waals surface area contributed by atoms with Crippen LogP contribution in [0.1, 0.15) is 11.4 Å². The maximum absolute atomic E-state index is 6.36. The minimum Gasteiger partial charge on any atom is -0.497 e. The third-order valence-corrected chi connectivity index (χ3v) is 8.92. The molecule has 3 N–H and O–H groups in total. The molecular weight excluding hydrogens is 666 g/mol. The lowest BCUT2D eigenvalue weighted by molar-refractivity contribution is 0.414. The molecule has 0 aliphatic carbocycles. The number of nitrogens with zero attached hydrogens (tertiary/aromatic N) is 6. The molecule has 9 rings (SSSR count). The van der Waals surface area contributed by atoms with Crippen molar-refractivity contribution < 1.29 is 14.2 Å². The van der Waals surface area contributed by atoms with E-state index in [0.717, 1.165) is 77.7 Å². The molecule has 9 aromatic rings. The summed E-state index contributed by atoms with van der Waals surface area (Å²) in [5, 5.41) is 19.5. The van der Waals surface area contributed by atoms with Crippen LogP contribution in [0.25, 0.3) is 54.6 Å². The highest BCUT2D eigenvalue weighted by atomic mass is 35.5. The van der Waals surface area contributed by atoms with Crippen molar-refractivity contribution in [2.24, 2.45) is 0 Å². The quantitative estimate of drug-likeness (QED) is 0.140. The molecule has 0 unspecified atom stereocenters. The Kier molecular flexibility index (Phi) is 8.20. The lowest BCUT2D eigenvalue weighted by atomic mass is 10.1. The standard InChI is InChI=1S/C19H16ClN3O2.C19H16N6O/c1-24-13-8-6-12(7-9-13)10-23-11-15-14-4-3-5-16(25-2)17(14)21-19(20)18(15)22-23;1-10-21-14-7-6-11(8-15(14)22-10)23-19-18-13(9-20-25-18)12-4-3-5-16(26-2)17(12)24-19/h3-9,11H,10H2,1-2H3;3-9H,1-2H3,(H,20,25)(H,21,22)(H,23,24). The maximum Gasteiger partial charge on any atom is 0.158 e. The van der Waals surface area contributed by atoms with E-state index in [0.29, 0.717) is 28.8 Å². The lowest BCUT2D eigenvalue weighted by Gasteiger charge is -2.11. The maximum atomic E-state index is 6.36. The van der Waals surface area contributed by atoms with Gasteiger partial charge in [-0.2, -0.15) is 10.2 Å². The molecule has 254 valence electrons. The van der Waals surface area contributed by atoms with Gasteiger partial charge in [-0.15, -0.1) is 0 Å². The summed E-state index contributed by atoms with van der Waals surface area (Å²) < 4.78 is 17.9. The van der Waals surface area contributed by atoms with Crippen LogP contribution in [0, 0.1) is 6.92 Å². The van der Waals surface area contributed by atoms with Gasteiger partial charge in [0.15, 0.2) is 11.0 Å². The van der Waals surface area contributed by atoms with E-state index in [2.05, 4.69) is 35.6 Å². The molecule has 5 aromatic heterocycles. The highest BCUT2D eigenvalue weighted by Crippen LogP contribution is 2.35. The number of aromatic nitrogens is 8. The van der Waals surface area contributed by atoms with Crippen LogP contribution in [0.3, 0.4) is 0 Å². The van der Waals surface area contributed by atoms with E-state index in [-0.39, 0.29) is 0 Å². The Morgan fingerprint density at radius 2 is 1.49 bits per heavy atom. The van der Waals surface area contributed by atoms with Gasteiger partial charge < -0.3 is 24.5 Å². The predicted octanol–water partition coefficient (Wildman–Crippen LogP) is 8.35. The molecule has 5 heterocycles. The highest BCUT2D eigenvalue weighted by Gasteiger charge is 2.15. The number of aryl methyl sites for hydroxylation is 1. The molecule has 0 amide bonds. The SMILES string of the molecule is COc1ccc(Cn2cc3c(n2)c(Cl)nc2c(OC)cccc23)cc1.COc1cccc2c1nc(Nc1ccc3nc(C)[nH]c3c1)c1[nH]ncc12. The van der Waals surface area contributed by atoms with Crippen molar-refractivity contribution in [1.29, 1.82) is 0 Å². The van der Waals surface area contributed by atoms with Crippen LogP contribution in [0.5, 0.6) is 17.2 Å². The zero-order valence-corrected chi connectivity index (χ0v) is 28.9. The topological polar surface area (TPSA) is 141 Å². The van der Waals surface area contributed by atoms with Gasteiger partial charge in [-0.05, 0) is 55.0 Å². The third-order valence-electron chi connectivity index (χ3n) is 8.65. The summed E-state index contributed by atoms with van der Waals surface area (Å²) in [5.41, 5.74) is 7.04. The van der Waals surface area contributed by atoms with Gasteiger partial charge in [0.2, 0.25) is 0 Å². The van der Waals surface area contributed by atoms with E-state index in [4.69, 9.17) is 30.8 Å². The van der Waals surface area contributed by atoms with E-state index in [9.17, 15) is 0 Å². The summed E-state index contributed by atoms with van der Waals surface area (Å²) in [6.07, 6.45) is 3.81. The van der Waals surface area contributed by atoms with Crippen molar-refractivity contribution in [3.63, 3.8) is 0 Å². The number of nitrogens with one attached hydrogen (secondary N) is 3. The van der Waals surface area contributed by atoms with Crippen molar-refractivity contribution in [3.8, 4) is 17.2 Å². The molecule has 0 aliphatic heterocycles. The number of anilines is 2. The second-order valence-electron chi connectivity index (χ2n) is 11.9. The van der Waals surface area contributed by atoms with Crippen molar-refractivity contribution in [2.45, 2.75) is 13.5 Å². The van der Waals surface area contributed by atoms with Crippen LogP contribution in [0.4, 0.5) is 11.5 Å². The van der Waals surface area contributed by atoms with Gasteiger partial charge in [0.05, 0.1) is 45.1 Å². The highest BCUT2D eigenvalue weighted by molar-refractivity contribution is 6.35. The van der Waals surface area contributed by atoms with Gasteiger partial charge in [-0.1, -0.05) is 48.0 Å². The van der Waals surface area contributed by atoms with Crippen LogP contribution in [-0.4, -0.2) is 61.2 Å². The number of halogens is 1. The minimum absolute atomic E-state index is 0.375. The third kappa shape index (κ3) is 5.95.